The average Bonchev–Trinajstić information content (AvgIpc) is 2.45. The summed E-state index contributed by atoms with van der Waals surface area (Å²) in [5.74, 6) is -0.267. The summed E-state index contributed by atoms with van der Waals surface area (Å²) in [4.78, 5) is 11.2. The molecule has 0 bridgehead atoms. The number of carboxylic acid groups (broad SMARTS) is 1. The van der Waals surface area contributed by atoms with Crippen molar-refractivity contribution < 1.29 is 19.7 Å². The van der Waals surface area contributed by atoms with Crippen LogP contribution in [-0.2, 0) is 4.79 Å². The summed E-state index contributed by atoms with van der Waals surface area (Å²) in [7, 11) is 1.61. The Morgan fingerprint density at radius 2 is 1.75 bits per heavy atom. The molecule has 0 spiro atoms. The number of benzene rings is 2. The van der Waals surface area contributed by atoms with Crippen LogP contribution in [0.15, 0.2) is 36.4 Å². The lowest BCUT2D eigenvalue weighted by Crippen LogP contribution is -2.31. The number of hydrogen-bond acceptors (Lipinski definition) is 3. The van der Waals surface area contributed by atoms with E-state index in [4.69, 9.17) is 4.74 Å². The van der Waals surface area contributed by atoms with Gasteiger partial charge in [0.25, 0.3) is 0 Å². The van der Waals surface area contributed by atoms with Crippen LogP contribution in [0, 0.1) is 5.41 Å². The lowest BCUT2D eigenvalue weighted by Gasteiger charge is -2.26. The molecule has 0 aliphatic rings. The van der Waals surface area contributed by atoms with E-state index in [2.05, 4.69) is 0 Å². The van der Waals surface area contributed by atoms with Crippen molar-refractivity contribution in [1.82, 2.24) is 0 Å². The van der Waals surface area contributed by atoms with Crippen molar-refractivity contribution in [2.75, 3.05) is 7.11 Å². The van der Waals surface area contributed by atoms with Crippen LogP contribution >= 0.6 is 0 Å². The molecule has 4 heteroatoms. The Balaban J connectivity index is 2.44. The highest BCUT2D eigenvalue weighted by atomic mass is 16.5. The predicted octanol–water partition coefficient (Wildman–Crippen LogP) is 2.99. The van der Waals surface area contributed by atoms with Gasteiger partial charge in [0.2, 0.25) is 0 Å². The second kappa shape index (κ2) is 5.13. The molecular weight excluding hydrogens is 256 g/mol. The molecule has 0 aliphatic heterocycles. The van der Waals surface area contributed by atoms with Crippen LogP contribution in [0.5, 0.6) is 5.75 Å². The number of aliphatic hydroxyl groups is 1. The van der Waals surface area contributed by atoms with Crippen LogP contribution in [0.3, 0.4) is 0 Å². The Hall–Kier alpha value is -2.07. The summed E-state index contributed by atoms with van der Waals surface area (Å²) < 4.78 is 5.16. The highest BCUT2D eigenvalue weighted by Gasteiger charge is 2.36. The molecule has 0 radical (unpaired) electrons. The second-order valence-electron chi connectivity index (χ2n) is 5.40. The molecular formula is C16H18O4. The summed E-state index contributed by atoms with van der Waals surface area (Å²) in [6, 6.07) is 11.0. The standard InChI is InChI=1S/C16H18O4/c1-16(2,15(18)19)14(17)12-5-4-11-9-13(20-3)7-6-10(11)8-12/h4-9,14,17H,1-3H3,(H,18,19). The van der Waals surface area contributed by atoms with E-state index in [0.29, 0.717) is 5.56 Å². The number of hydrogen-bond donors (Lipinski definition) is 2. The fourth-order valence-corrected chi connectivity index (χ4v) is 2.07. The van der Waals surface area contributed by atoms with Gasteiger partial charge in [-0.2, -0.15) is 0 Å². The number of carboxylic acids is 1. The number of aliphatic carboxylic acids is 1. The lowest BCUT2D eigenvalue weighted by atomic mass is 9.82. The van der Waals surface area contributed by atoms with Gasteiger partial charge in [-0.25, -0.2) is 0 Å². The molecule has 2 aromatic carbocycles. The number of carbonyl (C=O) groups is 1. The van der Waals surface area contributed by atoms with E-state index in [0.717, 1.165) is 16.5 Å². The van der Waals surface area contributed by atoms with E-state index in [1.165, 1.54) is 13.8 Å². The van der Waals surface area contributed by atoms with Gasteiger partial charge in [0.15, 0.2) is 0 Å². The zero-order chi connectivity index (χ0) is 14.9. The van der Waals surface area contributed by atoms with Crippen LogP contribution in [0.2, 0.25) is 0 Å². The number of methoxy groups -OCH3 is 1. The van der Waals surface area contributed by atoms with Gasteiger partial charge in [0.1, 0.15) is 5.75 Å². The minimum Gasteiger partial charge on any atom is -0.497 e. The molecule has 2 aromatic rings. The Morgan fingerprint density at radius 3 is 2.35 bits per heavy atom. The molecule has 0 amide bonds. The molecule has 0 aromatic heterocycles. The third kappa shape index (κ3) is 2.47. The molecule has 0 heterocycles. The van der Waals surface area contributed by atoms with Crippen molar-refractivity contribution in [2.24, 2.45) is 5.41 Å². The first-order valence-corrected chi connectivity index (χ1v) is 6.35. The Labute approximate surface area is 117 Å². The van der Waals surface area contributed by atoms with Crippen molar-refractivity contribution in [1.29, 1.82) is 0 Å². The summed E-state index contributed by atoms with van der Waals surface area (Å²) in [6.07, 6.45) is -1.06. The molecule has 1 atom stereocenters. The maximum atomic E-state index is 11.2. The van der Waals surface area contributed by atoms with Gasteiger partial charge in [0.05, 0.1) is 18.6 Å². The van der Waals surface area contributed by atoms with Crippen molar-refractivity contribution in [2.45, 2.75) is 20.0 Å². The molecule has 106 valence electrons. The molecule has 4 nitrogen and oxygen atoms in total. The first kappa shape index (κ1) is 14.3. The average molecular weight is 274 g/mol. The Kier molecular flexibility index (Phi) is 3.68. The van der Waals surface area contributed by atoms with Crippen LogP contribution in [-0.4, -0.2) is 23.3 Å². The van der Waals surface area contributed by atoms with Gasteiger partial charge in [0, 0.05) is 0 Å². The minimum atomic E-state index is -1.24. The van der Waals surface area contributed by atoms with Crippen molar-refractivity contribution >= 4 is 16.7 Å². The molecule has 1 unspecified atom stereocenters. The zero-order valence-electron chi connectivity index (χ0n) is 11.8. The molecule has 2 N–H and O–H groups in total. The number of rotatable bonds is 4. The highest BCUT2D eigenvalue weighted by Crippen LogP contribution is 2.35. The summed E-state index contributed by atoms with van der Waals surface area (Å²) in [5, 5.41) is 21.4. The number of aliphatic hydroxyl groups excluding tert-OH is 1. The smallest absolute Gasteiger partial charge is 0.312 e. The van der Waals surface area contributed by atoms with E-state index in [1.807, 2.05) is 30.3 Å². The summed E-state index contributed by atoms with van der Waals surface area (Å²) in [6.45, 7) is 3.02. The van der Waals surface area contributed by atoms with Crippen molar-refractivity contribution in [3.63, 3.8) is 0 Å². The fourth-order valence-electron chi connectivity index (χ4n) is 2.07. The molecule has 0 aliphatic carbocycles. The quantitative estimate of drug-likeness (QED) is 0.899. The second-order valence-corrected chi connectivity index (χ2v) is 5.40. The predicted molar refractivity (Wildman–Crippen MR) is 76.9 cm³/mol. The van der Waals surface area contributed by atoms with Crippen LogP contribution < -0.4 is 4.74 Å². The largest absolute Gasteiger partial charge is 0.497 e. The first-order valence-electron chi connectivity index (χ1n) is 6.35. The van der Waals surface area contributed by atoms with Gasteiger partial charge in [-0.05, 0) is 48.4 Å². The summed E-state index contributed by atoms with van der Waals surface area (Å²) >= 11 is 0. The van der Waals surface area contributed by atoms with E-state index in [-0.39, 0.29) is 0 Å². The fraction of sp³-hybridized carbons (Fsp3) is 0.312. The molecule has 20 heavy (non-hydrogen) atoms. The maximum Gasteiger partial charge on any atom is 0.312 e. The van der Waals surface area contributed by atoms with Crippen LogP contribution in [0.1, 0.15) is 25.5 Å². The molecule has 0 saturated heterocycles. The zero-order valence-corrected chi connectivity index (χ0v) is 11.8. The third-order valence-electron chi connectivity index (χ3n) is 3.62. The van der Waals surface area contributed by atoms with Gasteiger partial charge in [-0.1, -0.05) is 18.2 Å². The highest BCUT2D eigenvalue weighted by molar-refractivity contribution is 5.85. The van der Waals surface area contributed by atoms with Crippen molar-refractivity contribution in [3.8, 4) is 5.75 Å². The monoisotopic (exact) mass is 274 g/mol. The first-order chi connectivity index (χ1) is 9.36. The van der Waals surface area contributed by atoms with Gasteiger partial charge >= 0.3 is 5.97 Å². The van der Waals surface area contributed by atoms with E-state index < -0.39 is 17.5 Å². The van der Waals surface area contributed by atoms with Gasteiger partial charge < -0.3 is 14.9 Å². The van der Waals surface area contributed by atoms with Crippen LogP contribution in [0.4, 0.5) is 0 Å². The summed E-state index contributed by atoms with van der Waals surface area (Å²) in [5.41, 5.74) is -0.643. The van der Waals surface area contributed by atoms with E-state index in [1.54, 1.807) is 13.2 Å². The van der Waals surface area contributed by atoms with Gasteiger partial charge in [-0.15, -0.1) is 0 Å². The topological polar surface area (TPSA) is 66.8 Å². The minimum absolute atomic E-state index is 0.593. The Morgan fingerprint density at radius 1 is 1.15 bits per heavy atom. The number of fused-ring (bicyclic) bond motifs is 1. The molecule has 0 fully saturated rings. The van der Waals surface area contributed by atoms with Crippen molar-refractivity contribution in [3.05, 3.63) is 42.0 Å². The Bertz CT molecular complexity index is 646. The molecule has 2 rings (SSSR count). The van der Waals surface area contributed by atoms with Crippen LogP contribution in [0.25, 0.3) is 10.8 Å². The normalized spacial score (nSPS) is 13.2. The lowest BCUT2D eigenvalue weighted by molar-refractivity contribution is -0.153. The SMILES string of the molecule is COc1ccc2cc(C(O)C(C)(C)C(=O)O)ccc2c1. The third-order valence-corrected chi connectivity index (χ3v) is 3.62. The number of ether oxygens (including phenoxy) is 1. The van der Waals surface area contributed by atoms with E-state index in [9.17, 15) is 15.0 Å². The molecule has 0 saturated carbocycles. The van der Waals surface area contributed by atoms with E-state index >= 15 is 0 Å². The van der Waals surface area contributed by atoms with Gasteiger partial charge in [-0.3, -0.25) is 4.79 Å². The maximum absolute atomic E-state index is 11.2.